The Morgan fingerprint density at radius 2 is 1.87 bits per heavy atom. The van der Waals surface area contributed by atoms with Crippen molar-refractivity contribution >= 4 is 0 Å². The first-order chi connectivity index (χ1) is 11.3. The van der Waals surface area contributed by atoms with Gasteiger partial charge in [-0.15, -0.1) is 0 Å². The third kappa shape index (κ3) is 3.18. The summed E-state index contributed by atoms with van der Waals surface area (Å²) in [5.41, 5.74) is 5.74. The number of hydrogen-bond donors (Lipinski definition) is 0. The van der Waals surface area contributed by atoms with Crippen LogP contribution >= 0.6 is 0 Å². The Kier molecular flexibility index (Phi) is 4.17. The number of piperidine rings is 1. The number of pyridine rings is 1. The van der Waals surface area contributed by atoms with Gasteiger partial charge in [-0.1, -0.05) is 30.3 Å². The molecule has 0 saturated carbocycles. The molecular formula is C21H26N2. The second-order valence-electron chi connectivity index (χ2n) is 7.24. The van der Waals surface area contributed by atoms with Gasteiger partial charge in [-0.3, -0.25) is 4.98 Å². The number of rotatable bonds is 3. The Hall–Kier alpha value is -1.67. The van der Waals surface area contributed by atoms with Gasteiger partial charge in [-0.2, -0.15) is 0 Å². The Labute approximate surface area is 139 Å². The van der Waals surface area contributed by atoms with Crippen molar-refractivity contribution in [2.75, 3.05) is 19.6 Å². The molecule has 2 heteroatoms. The number of hydrogen-bond acceptors (Lipinski definition) is 2. The van der Waals surface area contributed by atoms with Gasteiger partial charge in [-0.05, 0) is 80.3 Å². The number of fused-ring (bicyclic) bond motifs is 1. The highest BCUT2D eigenvalue weighted by atomic mass is 15.1. The van der Waals surface area contributed by atoms with Gasteiger partial charge in [0.1, 0.15) is 0 Å². The lowest BCUT2D eigenvalue weighted by Gasteiger charge is -2.33. The summed E-state index contributed by atoms with van der Waals surface area (Å²) in [6, 6.07) is 13.5. The maximum Gasteiger partial charge on any atom is 0.0372 e. The molecule has 2 aromatic rings. The quantitative estimate of drug-likeness (QED) is 0.840. The van der Waals surface area contributed by atoms with Crippen molar-refractivity contribution < 1.29 is 0 Å². The van der Waals surface area contributed by atoms with Gasteiger partial charge in [-0.25, -0.2) is 0 Å². The number of nitrogens with zero attached hydrogens (tertiary/aromatic N) is 2. The van der Waals surface area contributed by atoms with Gasteiger partial charge in [0.15, 0.2) is 0 Å². The first-order valence-corrected chi connectivity index (χ1v) is 9.02. The van der Waals surface area contributed by atoms with E-state index in [4.69, 9.17) is 0 Å². The highest BCUT2D eigenvalue weighted by Crippen LogP contribution is 2.35. The molecule has 1 saturated heterocycles. The van der Waals surface area contributed by atoms with E-state index in [1.807, 2.05) is 0 Å². The van der Waals surface area contributed by atoms with Crippen LogP contribution in [0.3, 0.4) is 0 Å². The first-order valence-electron chi connectivity index (χ1n) is 9.02. The lowest BCUT2D eigenvalue weighted by Crippen LogP contribution is -2.35. The maximum absolute atomic E-state index is 4.47. The van der Waals surface area contributed by atoms with Gasteiger partial charge in [0.2, 0.25) is 0 Å². The summed E-state index contributed by atoms with van der Waals surface area (Å²) in [4.78, 5) is 7.15. The second-order valence-corrected chi connectivity index (χ2v) is 7.24. The van der Waals surface area contributed by atoms with Crippen molar-refractivity contribution in [1.29, 1.82) is 0 Å². The molecule has 2 heterocycles. The van der Waals surface area contributed by atoms with Crippen LogP contribution in [0, 0.1) is 6.92 Å². The van der Waals surface area contributed by atoms with E-state index in [-0.39, 0.29) is 0 Å². The third-order valence-electron chi connectivity index (χ3n) is 5.73. The minimum absolute atomic E-state index is 0.704. The molecule has 1 aromatic heterocycles. The minimum atomic E-state index is 0.704. The van der Waals surface area contributed by atoms with Crippen molar-refractivity contribution in [3.8, 4) is 0 Å². The summed E-state index contributed by atoms with van der Waals surface area (Å²) >= 11 is 0. The predicted octanol–water partition coefficient (Wildman–Crippen LogP) is 4.30. The van der Waals surface area contributed by atoms with E-state index in [9.17, 15) is 0 Å². The van der Waals surface area contributed by atoms with E-state index in [1.54, 1.807) is 11.1 Å². The normalized spacial score (nSPS) is 22.2. The lowest BCUT2D eigenvalue weighted by molar-refractivity contribution is 0.200. The van der Waals surface area contributed by atoms with Crippen LogP contribution in [0.4, 0.5) is 0 Å². The molecule has 23 heavy (non-hydrogen) atoms. The lowest BCUT2D eigenvalue weighted by atomic mass is 9.89. The van der Waals surface area contributed by atoms with Crippen LogP contribution in [0.1, 0.15) is 53.5 Å². The molecule has 1 unspecified atom stereocenters. The van der Waals surface area contributed by atoms with Gasteiger partial charge in [0.25, 0.3) is 0 Å². The van der Waals surface area contributed by atoms with Crippen molar-refractivity contribution in [1.82, 2.24) is 9.88 Å². The van der Waals surface area contributed by atoms with Crippen molar-refractivity contribution in [3.05, 3.63) is 65.0 Å². The highest BCUT2D eigenvalue weighted by molar-refractivity contribution is 5.35. The zero-order valence-electron chi connectivity index (χ0n) is 14.0. The van der Waals surface area contributed by atoms with Crippen molar-refractivity contribution in [2.45, 2.75) is 44.4 Å². The van der Waals surface area contributed by atoms with E-state index in [1.165, 1.54) is 50.9 Å². The summed E-state index contributed by atoms with van der Waals surface area (Å²) in [6.07, 6.45) is 7.24. The largest absolute Gasteiger partial charge is 0.303 e. The molecular weight excluding hydrogens is 280 g/mol. The first kappa shape index (κ1) is 14.9. The molecule has 0 radical (unpaired) electrons. The van der Waals surface area contributed by atoms with Gasteiger partial charge in [0.05, 0.1) is 0 Å². The predicted molar refractivity (Wildman–Crippen MR) is 94.9 cm³/mol. The molecule has 0 bridgehead atoms. The molecule has 0 N–H and O–H groups in total. The van der Waals surface area contributed by atoms with Crippen LogP contribution < -0.4 is 0 Å². The third-order valence-corrected chi connectivity index (χ3v) is 5.73. The summed E-state index contributed by atoms with van der Waals surface area (Å²) in [5, 5.41) is 0. The minimum Gasteiger partial charge on any atom is -0.303 e. The molecule has 2 nitrogen and oxygen atoms in total. The second kappa shape index (κ2) is 6.45. The van der Waals surface area contributed by atoms with E-state index >= 15 is 0 Å². The Morgan fingerprint density at radius 1 is 1.04 bits per heavy atom. The van der Waals surface area contributed by atoms with E-state index in [0.29, 0.717) is 5.92 Å². The van der Waals surface area contributed by atoms with Crippen LogP contribution in [0.25, 0.3) is 0 Å². The Balaban J connectivity index is 1.35. The molecule has 1 fully saturated rings. The average molecular weight is 306 g/mol. The van der Waals surface area contributed by atoms with Gasteiger partial charge in [0, 0.05) is 18.4 Å². The standard InChI is InChI=1S/C21H26N2/c1-16-6-7-19(14-22-16)17-10-12-23(13-11-17)15-20-9-8-18-4-2-3-5-21(18)20/h2-7,14,17,20H,8-13,15H2,1H3. The number of aromatic nitrogens is 1. The van der Waals surface area contributed by atoms with Crippen LogP contribution in [0.2, 0.25) is 0 Å². The smallest absolute Gasteiger partial charge is 0.0372 e. The van der Waals surface area contributed by atoms with E-state index < -0.39 is 0 Å². The molecule has 0 amide bonds. The molecule has 2 aliphatic rings. The molecule has 4 rings (SSSR count). The zero-order chi connectivity index (χ0) is 15.6. The van der Waals surface area contributed by atoms with Crippen LogP contribution in [-0.2, 0) is 6.42 Å². The fraction of sp³-hybridized carbons (Fsp3) is 0.476. The van der Waals surface area contributed by atoms with Gasteiger partial charge < -0.3 is 4.90 Å². The van der Waals surface area contributed by atoms with Crippen LogP contribution in [-0.4, -0.2) is 29.5 Å². The highest BCUT2D eigenvalue weighted by Gasteiger charge is 2.27. The SMILES string of the molecule is Cc1ccc(C2CCN(CC3CCc4ccccc43)CC2)cn1. The van der Waals surface area contributed by atoms with Crippen molar-refractivity contribution in [2.24, 2.45) is 0 Å². The Bertz CT molecular complexity index is 654. The molecule has 120 valence electrons. The van der Waals surface area contributed by atoms with Gasteiger partial charge >= 0.3 is 0 Å². The molecule has 0 spiro atoms. The Morgan fingerprint density at radius 3 is 2.65 bits per heavy atom. The van der Waals surface area contributed by atoms with Crippen LogP contribution in [0.15, 0.2) is 42.6 Å². The molecule has 1 atom stereocenters. The summed E-state index contributed by atoms with van der Waals surface area (Å²) in [6.45, 7) is 5.77. The summed E-state index contributed by atoms with van der Waals surface area (Å²) < 4.78 is 0. The summed E-state index contributed by atoms with van der Waals surface area (Å²) in [7, 11) is 0. The molecule has 1 aliphatic heterocycles. The number of aryl methyl sites for hydroxylation is 2. The molecule has 1 aromatic carbocycles. The zero-order valence-corrected chi connectivity index (χ0v) is 14.0. The topological polar surface area (TPSA) is 16.1 Å². The summed E-state index contributed by atoms with van der Waals surface area (Å²) in [5.74, 6) is 1.46. The fourth-order valence-corrected chi connectivity index (χ4v) is 4.32. The molecule has 1 aliphatic carbocycles. The fourth-order valence-electron chi connectivity index (χ4n) is 4.32. The number of benzene rings is 1. The average Bonchev–Trinajstić information content (AvgIpc) is 3.00. The van der Waals surface area contributed by atoms with Crippen LogP contribution in [0.5, 0.6) is 0 Å². The van der Waals surface area contributed by atoms with E-state index in [2.05, 4.69) is 59.4 Å². The maximum atomic E-state index is 4.47. The number of likely N-dealkylation sites (tertiary alicyclic amines) is 1. The van der Waals surface area contributed by atoms with E-state index in [0.717, 1.165) is 11.6 Å². The van der Waals surface area contributed by atoms with Crippen molar-refractivity contribution in [3.63, 3.8) is 0 Å². The monoisotopic (exact) mass is 306 g/mol.